The first kappa shape index (κ1) is 15.4. The lowest BCUT2D eigenvalue weighted by Crippen LogP contribution is -2.28. The Labute approximate surface area is 127 Å². The molecule has 1 heterocycles. The number of benzene rings is 1. The summed E-state index contributed by atoms with van der Waals surface area (Å²) in [7, 11) is 1.81. The SMILES string of the molecule is O=C(NCc1ccncc1)Nc1ccc([S+](=O)(O)Cl)cc1. The summed E-state index contributed by atoms with van der Waals surface area (Å²) in [6.45, 7) is 0.374. The van der Waals surface area contributed by atoms with Gasteiger partial charge in [-0.25, -0.2) is 4.79 Å². The van der Waals surface area contributed by atoms with E-state index in [1.54, 1.807) is 24.5 Å². The van der Waals surface area contributed by atoms with Crippen LogP contribution in [0, 0.1) is 0 Å². The molecule has 1 aromatic carbocycles. The fraction of sp³-hybridized carbons (Fsp3) is 0.0769. The normalized spacial score (nSPS) is 13.2. The molecule has 0 bridgehead atoms. The zero-order valence-electron chi connectivity index (χ0n) is 10.8. The average molecular weight is 327 g/mol. The topological polar surface area (TPSA) is 91.3 Å². The van der Waals surface area contributed by atoms with Gasteiger partial charge in [-0.3, -0.25) is 4.98 Å². The molecule has 0 saturated carbocycles. The number of amides is 2. The molecule has 6 nitrogen and oxygen atoms in total. The summed E-state index contributed by atoms with van der Waals surface area (Å²) in [5, 5.41) is 5.29. The molecule has 0 spiro atoms. The minimum absolute atomic E-state index is 0.0897. The van der Waals surface area contributed by atoms with Crippen molar-refractivity contribution < 1.29 is 13.6 Å². The zero-order chi connectivity index (χ0) is 15.3. The van der Waals surface area contributed by atoms with E-state index >= 15 is 0 Å². The summed E-state index contributed by atoms with van der Waals surface area (Å²) in [6.07, 6.45) is 3.29. The van der Waals surface area contributed by atoms with Gasteiger partial charge in [-0.1, -0.05) is 0 Å². The third-order valence-electron chi connectivity index (χ3n) is 2.61. The van der Waals surface area contributed by atoms with E-state index in [2.05, 4.69) is 15.6 Å². The van der Waals surface area contributed by atoms with E-state index in [1.165, 1.54) is 24.3 Å². The number of halogens is 1. The van der Waals surface area contributed by atoms with Gasteiger partial charge in [0.25, 0.3) is 0 Å². The maximum Gasteiger partial charge on any atom is 0.348 e. The zero-order valence-corrected chi connectivity index (χ0v) is 12.4. The predicted octanol–water partition coefficient (Wildman–Crippen LogP) is 2.89. The fourth-order valence-electron chi connectivity index (χ4n) is 1.56. The van der Waals surface area contributed by atoms with Crippen LogP contribution >= 0.6 is 10.7 Å². The van der Waals surface area contributed by atoms with Crippen molar-refractivity contribution in [2.24, 2.45) is 0 Å². The third kappa shape index (κ3) is 4.82. The Bertz CT molecular complexity index is 658. The Hall–Kier alpha value is -1.96. The van der Waals surface area contributed by atoms with Crippen molar-refractivity contribution in [2.75, 3.05) is 5.32 Å². The van der Waals surface area contributed by atoms with Crippen LogP contribution in [0.5, 0.6) is 0 Å². The Balaban J connectivity index is 1.89. The number of nitrogens with zero attached hydrogens (tertiary/aromatic N) is 1. The standard InChI is InChI=1S/C13H12ClN3O3S/c14-21(19,20)12-3-1-11(2-4-12)17-13(18)16-9-10-5-7-15-8-6-10/h1-8H,9H2,(H2-,16,17,18,19,20)/p+1. The molecule has 2 amide bonds. The van der Waals surface area contributed by atoms with Gasteiger partial charge >= 0.3 is 15.5 Å². The molecule has 2 rings (SSSR count). The van der Waals surface area contributed by atoms with Gasteiger partial charge in [0.15, 0.2) is 0 Å². The van der Waals surface area contributed by atoms with Crippen LogP contribution in [0.4, 0.5) is 10.5 Å². The number of aromatic nitrogens is 1. The lowest BCUT2D eigenvalue weighted by atomic mass is 10.3. The molecule has 0 aliphatic rings. The summed E-state index contributed by atoms with van der Waals surface area (Å²) >= 11 is 0. The van der Waals surface area contributed by atoms with Gasteiger partial charge in [0, 0.05) is 24.6 Å². The monoisotopic (exact) mass is 326 g/mol. The minimum atomic E-state index is -3.51. The number of hydrogen-bond donors (Lipinski definition) is 3. The van der Waals surface area contributed by atoms with Gasteiger partial charge in [0.05, 0.1) is 0 Å². The highest BCUT2D eigenvalue weighted by Crippen LogP contribution is 2.22. The van der Waals surface area contributed by atoms with Crippen molar-refractivity contribution in [1.82, 2.24) is 10.3 Å². The molecule has 1 aromatic heterocycles. The summed E-state index contributed by atoms with van der Waals surface area (Å²) in [5.74, 6) is 0. The van der Waals surface area contributed by atoms with E-state index < -0.39 is 9.43 Å². The van der Waals surface area contributed by atoms with Gasteiger partial charge in [-0.15, -0.1) is 0 Å². The van der Waals surface area contributed by atoms with E-state index in [4.69, 9.17) is 15.2 Å². The number of carbonyl (C=O) groups excluding carboxylic acids is 1. The number of nitrogens with one attached hydrogen (secondary N) is 2. The Kier molecular flexibility index (Phi) is 4.89. The third-order valence-corrected chi connectivity index (χ3v) is 3.99. The molecule has 0 saturated heterocycles. The number of pyridine rings is 1. The molecular weight excluding hydrogens is 314 g/mol. The summed E-state index contributed by atoms with van der Waals surface area (Å²) in [4.78, 5) is 15.7. The van der Waals surface area contributed by atoms with Crippen LogP contribution in [0.1, 0.15) is 5.56 Å². The summed E-state index contributed by atoms with van der Waals surface area (Å²) in [5.41, 5.74) is 1.42. The first-order valence-corrected chi connectivity index (χ1v) is 8.29. The molecule has 0 fully saturated rings. The first-order chi connectivity index (χ1) is 9.95. The average Bonchev–Trinajstić information content (AvgIpc) is 2.46. The lowest BCUT2D eigenvalue weighted by Gasteiger charge is -2.07. The van der Waals surface area contributed by atoms with E-state index in [1.807, 2.05) is 0 Å². The van der Waals surface area contributed by atoms with Crippen LogP contribution in [-0.4, -0.2) is 15.6 Å². The number of rotatable bonds is 4. The van der Waals surface area contributed by atoms with Crippen molar-refractivity contribution in [3.63, 3.8) is 0 Å². The molecule has 0 radical (unpaired) electrons. The molecule has 2 aromatic rings. The largest absolute Gasteiger partial charge is 0.348 e. The van der Waals surface area contributed by atoms with Crippen molar-refractivity contribution in [2.45, 2.75) is 11.4 Å². The van der Waals surface area contributed by atoms with E-state index in [9.17, 15) is 9.00 Å². The van der Waals surface area contributed by atoms with Crippen molar-refractivity contribution in [3.8, 4) is 0 Å². The number of carbonyl (C=O) groups is 1. The van der Waals surface area contributed by atoms with Crippen molar-refractivity contribution >= 4 is 31.8 Å². The molecule has 0 aliphatic heterocycles. The highest BCUT2D eigenvalue weighted by molar-refractivity contribution is 8.19. The molecule has 110 valence electrons. The van der Waals surface area contributed by atoms with Gasteiger partial charge in [0.2, 0.25) is 15.6 Å². The molecular formula is C13H13ClN3O3S+. The minimum Gasteiger partial charge on any atom is -0.334 e. The number of urea groups is 1. The number of anilines is 1. The second kappa shape index (κ2) is 6.66. The highest BCUT2D eigenvalue weighted by Gasteiger charge is 2.25. The van der Waals surface area contributed by atoms with Gasteiger partial charge in [-0.2, -0.15) is 4.55 Å². The van der Waals surface area contributed by atoms with Crippen molar-refractivity contribution in [1.29, 1.82) is 0 Å². The lowest BCUT2D eigenvalue weighted by molar-refractivity contribution is 0.251. The van der Waals surface area contributed by atoms with Gasteiger partial charge in [0.1, 0.15) is 0 Å². The summed E-state index contributed by atoms with van der Waals surface area (Å²) < 4.78 is 20.4. The van der Waals surface area contributed by atoms with Gasteiger partial charge in [-0.05, 0) is 46.2 Å². The van der Waals surface area contributed by atoms with Crippen LogP contribution in [0.15, 0.2) is 53.7 Å². The number of hydrogen-bond acceptors (Lipinski definition) is 3. The molecule has 21 heavy (non-hydrogen) atoms. The maximum absolute atomic E-state index is 11.7. The molecule has 1 unspecified atom stereocenters. The Morgan fingerprint density at radius 1 is 1.19 bits per heavy atom. The maximum atomic E-state index is 11.7. The Morgan fingerprint density at radius 3 is 2.38 bits per heavy atom. The summed E-state index contributed by atoms with van der Waals surface area (Å²) in [6, 6.07) is 8.98. The van der Waals surface area contributed by atoms with Gasteiger partial charge < -0.3 is 10.6 Å². The quantitative estimate of drug-likeness (QED) is 0.595. The first-order valence-electron chi connectivity index (χ1n) is 5.95. The second-order valence-electron chi connectivity index (χ2n) is 4.15. The van der Waals surface area contributed by atoms with Crippen LogP contribution in [0.2, 0.25) is 0 Å². The smallest absolute Gasteiger partial charge is 0.334 e. The second-order valence-corrected chi connectivity index (χ2v) is 6.79. The van der Waals surface area contributed by atoms with Crippen molar-refractivity contribution in [3.05, 3.63) is 54.4 Å². The molecule has 8 heteroatoms. The van der Waals surface area contributed by atoms with Crippen LogP contribution in [-0.2, 0) is 20.2 Å². The van der Waals surface area contributed by atoms with E-state index in [0.717, 1.165) is 5.56 Å². The van der Waals surface area contributed by atoms with Crippen LogP contribution < -0.4 is 10.6 Å². The highest BCUT2D eigenvalue weighted by atomic mass is 35.7. The predicted molar refractivity (Wildman–Crippen MR) is 81.3 cm³/mol. The fourth-order valence-corrected chi connectivity index (χ4v) is 2.34. The molecule has 3 N–H and O–H groups in total. The molecule has 0 aliphatic carbocycles. The van der Waals surface area contributed by atoms with E-state index in [-0.39, 0.29) is 10.9 Å². The van der Waals surface area contributed by atoms with E-state index in [0.29, 0.717) is 12.2 Å². The molecule has 1 atom stereocenters. The van der Waals surface area contributed by atoms with Crippen LogP contribution in [0.25, 0.3) is 0 Å². The Morgan fingerprint density at radius 2 is 1.81 bits per heavy atom. The van der Waals surface area contributed by atoms with Crippen LogP contribution in [0.3, 0.4) is 0 Å².